The van der Waals surface area contributed by atoms with E-state index in [-0.39, 0.29) is 12.4 Å². The maximum absolute atomic E-state index is 10.9. The number of carbonyl (C=O) groups is 2. The van der Waals surface area contributed by atoms with Crippen LogP contribution in [0, 0.1) is 6.33 Å². The summed E-state index contributed by atoms with van der Waals surface area (Å²) in [6.45, 7) is -0.00255. The van der Waals surface area contributed by atoms with Crippen LogP contribution in [-0.2, 0) is 16.1 Å². The molecule has 0 atom stereocenters. The number of rotatable bonds is 3. The van der Waals surface area contributed by atoms with E-state index in [0.29, 0.717) is 6.29 Å². The number of aldehydes is 1. The minimum atomic E-state index is -0.634. The summed E-state index contributed by atoms with van der Waals surface area (Å²) < 4.78 is 5.56. The van der Waals surface area contributed by atoms with Crippen molar-refractivity contribution in [3.05, 3.63) is 12.2 Å². The quantitative estimate of drug-likeness (QED) is 0.430. The maximum atomic E-state index is 10.9. The summed E-state index contributed by atoms with van der Waals surface area (Å²) in [5.74, 6) is -0.657. The molecule has 0 saturated carbocycles. The Balaban J connectivity index is 2.90. The molecule has 0 spiro atoms. The Morgan fingerprint density at radius 3 is 3.17 bits per heavy atom. The highest BCUT2D eigenvalue weighted by Gasteiger charge is 2.13. The van der Waals surface area contributed by atoms with Crippen LogP contribution in [0.5, 0.6) is 0 Å². The summed E-state index contributed by atoms with van der Waals surface area (Å²) in [5.41, 5.74) is 0. The van der Waals surface area contributed by atoms with Crippen LogP contribution in [0.4, 0.5) is 0 Å². The zero-order valence-corrected chi connectivity index (χ0v) is 6.35. The average Bonchev–Trinajstić information content (AvgIpc) is 2.52. The molecule has 12 heavy (non-hydrogen) atoms. The van der Waals surface area contributed by atoms with Gasteiger partial charge in [-0.2, -0.15) is 0 Å². The third kappa shape index (κ3) is 1.47. The van der Waals surface area contributed by atoms with Gasteiger partial charge in [0.05, 0.1) is 13.7 Å². The van der Waals surface area contributed by atoms with Crippen molar-refractivity contribution in [3.63, 3.8) is 0 Å². The molecular formula is C6H6N3O3. The van der Waals surface area contributed by atoms with Crippen LogP contribution < -0.4 is 0 Å². The second-order valence-electron chi connectivity index (χ2n) is 1.89. The van der Waals surface area contributed by atoms with Crippen LogP contribution in [-0.4, -0.2) is 34.1 Å². The molecule has 0 aromatic carbocycles. The van der Waals surface area contributed by atoms with Gasteiger partial charge < -0.3 is 9.53 Å². The number of carbonyl (C=O) groups excluding carboxylic acids is 2. The highest BCUT2D eigenvalue weighted by Crippen LogP contribution is 1.94. The molecule has 0 saturated heterocycles. The van der Waals surface area contributed by atoms with Crippen LogP contribution in [0.15, 0.2) is 0 Å². The molecule has 0 bridgehead atoms. The third-order valence-electron chi connectivity index (χ3n) is 1.19. The lowest BCUT2D eigenvalue weighted by Gasteiger charge is -1.97. The van der Waals surface area contributed by atoms with Gasteiger partial charge in [-0.25, -0.2) is 4.79 Å². The summed E-state index contributed by atoms with van der Waals surface area (Å²) in [5, 5.41) is 6.77. The molecule has 1 aromatic rings. The number of methoxy groups -OCH3 is 1. The minimum absolute atomic E-state index is 0.00255. The lowest BCUT2D eigenvalue weighted by Crippen LogP contribution is -2.12. The van der Waals surface area contributed by atoms with Gasteiger partial charge in [0.1, 0.15) is 6.29 Å². The zero-order chi connectivity index (χ0) is 8.97. The van der Waals surface area contributed by atoms with Crippen molar-refractivity contribution in [1.82, 2.24) is 14.8 Å². The molecule has 0 N–H and O–H groups in total. The highest BCUT2D eigenvalue weighted by molar-refractivity contribution is 5.85. The van der Waals surface area contributed by atoms with Crippen LogP contribution >= 0.6 is 0 Å². The van der Waals surface area contributed by atoms with Crippen LogP contribution in [0.2, 0.25) is 0 Å². The van der Waals surface area contributed by atoms with Crippen molar-refractivity contribution in [2.45, 2.75) is 6.54 Å². The molecule has 1 radical (unpaired) electrons. The Kier molecular flexibility index (Phi) is 2.52. The monoisotopic (exact) mass is 168 g/mol. The Morgan fingerprint density at radius 1 is 1.83 bits per heavy atom. The number of esters is 1. The van der Waals surface area contributed by atoms with Gasteiger partial charge in [-0.15, -0.1) is 10.2 Å². The van der Waals surface area contributed by atoms with E-state index in [0.717, 1.165) is 0 Å². The first-order valence-electron chi connectivity index (χ1n) is 3.12. The van der Waals surface area contributed by atoms with Crippen molar-refractivity contribution in [1.29, 1.82) is 0 Å². The molecule has 0 aliphatic heterocycles. The second kappa shape index (κ2) is 3.61. The number of hydrogen-bond acceptors (Lipinski definition) is 5. The SMILES string of the molecule is COC(=O)c1nn[c]n1CC=O. The molecule has 1 aromatic heterocycles. The largest absolute Gasteiger partial charge is 0.463 e. The van der Waals surface area contributed by atoms with Crippen LogP contribution in [0.1, 0.15) is 10.6 Å². The van der Waals surface area contributed by atoms with Gasteiger partial charge in [-0.1, -0.05) is 0 Å². The van der Waals surface area contributed by atoms with E-state index in [1.54, 1.807) is 0 Å². The minimum Gasteiger partial charge on any atom is -0.463 e. The molecule has 0 aliphatic carbocycles. The van der Waals surface area contributed by atoms with Crippen molar-refractivity contribution in [2.75, 3.05) is 7.11 Å². The van der Waals surface area contributed by atoms with E-state index in [1.165, 1.54) is 11.7 Å². The van der Waals surface area contributed by atoms with Gasteiger partial charge in [0.15, 0.2) is 0 Å². The van der Waals surface area contributed by atoms with Crippen molar-refractivity contribution in [2.24, 2.45) is 0 Å². The summed E-state index contributed by atoms with van der Waals surface area (Å²) >= 11 is 0. The van der Waals surface area contributed by atoms with E-state index in [1.807, 2.05) is 0 Å². The molecule has 6 heteroatoms. The number of nitrogens with zero attached hydrogens (tertiary/aromatic N) is 3. The molecule has 0 fully saturated rings. The maximum Gasteiger partial charge on any atom is 0.376 e. The number of ether oxygens (including phenoxy) is 1. The molecular weight excluding hydrogens is 162 g/mol. The Labute approximate surface area is 68.2 Å². The first kappa shape index (κ1) is 8.38. The van der Waals surface area contributed by atoms with Crippen molar-refractivity contribution in [3.8, 4) is 0 Å². The predicted molar refractivity (Wildman–Crippen MR) is 36.3 cm³/mol. The summed E-state index contributed by atoms with van der Waals surface area (Å²) in [6.07, 6.45) is 2.96. The van der Waals surface area contributed by atoms with Gasteiger partial charge in [0, 0.05) is 0 Å². The average molecular weight is 168 g/mol. The number of hydrogen-bond donors (Lipinski definition) is 0. The van der Waals surface area contributed by atoms with Crippen molar-refractivity contribution >= 4 is 12.3 Å². The van der Waals surface area contributed by atoms with E-state index in [2.05, 4.69) is 21.3 Å². The lowest BCUT2D eigenvalue weighted by atomic mass is 10.5. The summed E-state index contributed by atoms with van der Waals surface area (Å²) in [7, 11) is 1.22. The fourth-order valence-corrected chi connectivity index (χ4v) is 0.669. The fraction of sp³-hybridized carbons (Fsp3) is 0.333. The molecule has 6 nitrogen and oxygen atoms in total. The Hall–Kier alpha value is -1.72. The third-order valence-corrected chi connectivity index (χ3v) is 1.19. The standard InChI is InChI=1S/C6H6N3O3/c1-12-6(11)5-8-7-4-9(5)2-3-10/h3H,2H2,1H3. The normalized spacial score (nSPS) is 9.42. The number of aromatic nitrogens is 3. The molecule has 1 heterocycles. The van der Waals surface area contributed by atoms with Gasteiger partial charge in [-0.05, 0) is 0 Å². The summed E-state index contributed by atoms with van der Waals surface area (Å²) in [6, 6.07) is 0. The lowest BCUT2D eigenvalue weighted by molar-refractivity contribution is -0.108. The van der Waals surface area contributed by atoms with Gasteiger partial charge >= 0.3 is 5.97 Å². The smallest absolute Gasteiger partial charge is 0.376 e. The van der Waals surface area contributed by atoms with E-state index in [9.17, 15) is 9.59 Å². The van der Waals surface area contributed by atoms with Crippen molar-refractivity contribution < 1.29 is 14.3 Å². The fourth-order valence-electron chi connectivity index (χ4n) is 0.669. The van der Waals surface area contributed by atoms with Crippen LogP contribution in [0.25, 0.3) is 0 Å². The van der Waals surface area contributed by atoms with E-state index >= 15 is 0 Å². The van der Waals surface area contributed by atoms with Gasteiger partial charge in [0.25, 0.3) is 0 Å². The zero-order valence-electron chi connectivity index (χ0n) is 6.35. The highest BCUT2D eigenvalue weighted by atomic mass is 16.5. The van der Waals surface area contributed by atoms with E-state index < -0.39 is 5.97 Å². The van der Waals surface area contributed by atoms with Gasteiger partial charge in [-0.3, -0.25) is 4.57 Å². The topological polar surface area (TPSA) is 74.1 Å². The van der Waals surface area contributed by atoms with Crippen LogP contribution in [0.3, 0.4) is 0 Å². The molecule has 0 amide bonds. The second-order valence-corrected chi connectivity index (χ2v) is 1.89. The first-order chi connectivity index (χ1) is 5.79. The molecule has 63 valence electrons. The molecule has 1 rings (SSSR count). The molecule has 0 unspecified atom stereocenters. The molecule has 0 aliphatic rings. The van der Waals surface area contributed by atoms with E-state index in [4.69, 9.17) is 0 Å². The Morgan fingerprint density at radius 2 is 2.58 bits per heavy atom. The predicted octanol–water partition coefficient (Wildman–Crippen LogP) is -0.936. The Bertz CT molecular complexity index is 294. The summed E-state index contributed by atoms with van der Waals surface area (Å²) in [4.78, 5) is 21.0. The first-order valence-corrected chi connectivity index (χ1v) is 3.12. The van der Waals surface area contributed by atoms with Gasteiger partial charge in [0.2, 0.25) is 12.2 Å².